The van der Waals surface area contributed by atoms with Gasteiger partial charge in [0.25, 0.3) is 5.91 Å². The zero-order chi connectivity index (χ0) is 16.4. The van der Waals surface area contributed by atoms with Crippen LogP contribution >= 0.6 is 0 Å². The third kappa shape index (κ3) is 3.49. The summed E-state index contributed by atoms with van der Waals surface area (Å²) in [5, 5.41) is 12.1. The number of carbonyl (C=O) groups excluding carboxylic acids is 1. The van der Waals surface area contributed by atoms with Crippen LogP contribution in [0.5, 0.6) is 5.75 Å². The van der Waals surface area contributed by atoms with Crippen LogP contribution in [0.3, 0.4) is 0 Å². The number of hydrogen-bond acceptors (Lipinski definition) is 3. The van der Waals surface area contributed by atoms with E-state index in [9.17, 15) is 9.59 Å². The average Bonchev–Trinajstić information content (AvgIpc) is 3.16. The first kappa shape index (κ1) is 15.8. The number of nitrogens with one attached hydrogen (secondary N) is 1. The van der Waals surface area contributed by atoms with Crippen molar-refractivity contribution in [1.82, 2.24) is 5.32 Å². The van der Waals surface area contributed by atoms with Crippen molar-refractivity contribution in [2.75, 3.05) is 6.61 Å². The van der Waals surface area contributed by atoms with Crippen LogP contribution in [0, 0.1) is 17.8 Å². The predicted molar refractivity (Wildman–Crippen MR) is 85.4 cm³/mol. The lowest BCUT2D eigenvalue weighted by atomic mass is 9.84. The van der Waals surface area contributed by atoms with Gasteiger partial charge in [-0.2, -0.15) is 0 Å². The summed E-state index contributed by atoms with van der Waals surface area (Å²) in [6.07, 6.45) is 5.16. The van der Waals surface area contributed by atoms with Gasteiger partial charge in [0.05, 0.1) is 0 Å². The van der Waals surface area contributed by atoms with Gasteiger partial charge in [-0.05, 0) is 56.1 Å². The minimum atomic E-state index is -1.06. The molecule has 2 bridgehead atoms. The minimum Gasteiger partial charge on any atom is -0.483 e. The van der Waals surface area contributed by atoms with Gasteiger partial charge >= 0.3 is 5.97 Å². The van der Waals surface area contributed by atoms with Crippen molar-refractivity contribution in [2.24, 2.45) is 17.8 Å². The highest BCUT2D eigenvalue weighted by Gasteiger charge is 2.42. The lowest BCUT2D eigenvalue weighted by Crippen LogP contribution is -2.42. The van der Waals surface area contributed by atoms with Crippen molar-refractivity contribution in [3.05, 3.63) is 29.8 Å². The molecule has 5 heteroatoms. The summed E-state index contributed by atoms with van der Waals surface area (Å²) in [5.74, 6) is 1.15. The quantitative estimate of drug-likeness (QED) is 0.846. The first-order valence-corrected chi connectivity index (χ1v) is 8.29. The Morgan fingerprint density at radius 1 is 1.30 bits per heavy atom. The summed E-state index contributed by atoms with van der Waals surface area (Å²) in [7, 11) is 0. The van der Waals surface area contributed by atoms with Gasteiger partial charge in [0.15, 0.2) is 6.61 Å². The van der Waals surface area contributed by atoms with Crippen LogP contribution in [-0.4, -0.2) is 29.6 Å². The van der Waals surface area contributed by atoms with Crippen LogP contribution in [0.25, 0.3) is 0 Å². The molecule has 0 heterocycles. The van der Waals surface area contributed by atoms with Crippen molar-refractivity contribution in [1.29, 1.82) is 0 Å². The fourth-order valence-electron chi connectivity index (χ4n) is 4.22. The number of ether oxygens (including phenoxy) is 1. The van der Waals surface area contributed by atoms with Gasteiger partial charge in [-0.25, -0.2) is 4.79 Å². The van der Waals surface area contributed by atoms with Crippen molar-refractivity contribution < 1.29 is 19.4 Å². The first-order chi connectivity index (χ1) is 11.0. The largest absolute Gasteiger partial charge is 0.483 e. The van der Waals surface area contributed by atoms with Crippen LogP contribution in [0.15, 0.2) is 24.3 Å². The van der Waals surface area contributed by atoms with Crippen LogP contribution in [0.2, 0.25) is 0 Å². The van der Waals surface area contributed by atoms with Crippen molar-refractivity contribution in [3.63, 3.8) is 0 Å². The SMILES string of the molecule is CC(NC(=O)COc1ccccc1C(=O)O)C1CC2CCC1C2. The maximum Gasteiger partial charge on any atom is 0.339 e. The van der Waals surface area contributed by atoms with Gasteiger partial charge in [0.2, 0.25) is 0 Å². The molecule has 0 spiro atoms. The summed E-state index contributed by atoms with van der Waals surface area (Å²) in [6.45, 7) is 1.91. The number of aromatic carboxylic acids is 1. The van der Waals surface area contributed by atoms with E-state index in [0.717, 1.165) is 11.8 Å². The Balaban J connectivity index is 1.51. The Labute approximate surface area is 136 Å². The zero-order valence-corrected chi connectivity index (χ0v) is 13.3. The van der Waals surface area contributed by atoms with E-state index in [1.54, 1.807) is 18.2 Å². The Kier molecular flexibility index (Phi) is 4.55. The molecule has 2 aliphatic carbocycles. The molecule has 23 heavy (non-hydrogen) atoms. The second-order valence-electron chi connectivity index (χ2n) is 6.78. The molecule has 2 N–H and O–H groups in total. The molecule has 0 radical (unpaired) electrons. The summed E-state index contributed by atoms with van der Waals surface area (Å²) in [6, 6.07) is 6.51. The molecule has 124 valence electrons. The maximum absolute atomic E-state index is 12.1. The number of carboxylic acid groups (broad SMARTS) is 1. The molecule has 3 rings (SSSR count). The van der Waals surface area contributed by atoms with E-state index in [-0.39, 0.29) is 29.9 Å². The fraction of sp³-hybridized carbons (Fsp3) is 0.556. The highest BCUT2D eigenvalue weighted by molar-refractivity contribution is 5.91. The molecular weight excluding hydrogens is 294 g/mol. The van der Waals surface area contributed by atoms with Crippen LogP contribution < -0.4 is 10.1 Å². The molecule has 0 aromatic heterocycles. The number of hydrogen-bond donors (Lipinski definition) is 2. The maximum atomic E-state index is 12.1. The number of fused-ring (bicyclic) bond motifs is 2. The summed E-state index contributed by atoms with van der Waals surface area (Å²) in [5.41, 5.74) is 0.0708. The fourth-order valence-corrected chi connectivity index (χ4v) is 4.22. The molecule has 2 saturated carbocycles. The van der Waals surface area contributed by atoms with Crippen LogP contribution in [0.1, 0.15) is 43.0 Å². The normalized spacial score (nSPS) is 26.7. The molecule has 5 nitrogen and oxygen atoms in total. The Morgan fingerprint density at radius 2 is 2.09 bits per heavy atom. The highest BCUT2D eigenvalue weighted by atomic mass is 16.5. The van der Waals surface area contributed by atoms with Crippen LogP contribution in [0.4, 0.5) is 0 Å². The number of rotatable bonds is 6. The van der Waals surface area contributed by atoms with Gasteiger partial charge < -0.3 is 15.2 Å². The van der Waals surface area contributed by atoms with E-state index in [1.165, 1.54) is 31.7 Å². The van der Waals surface area contributed by atoms with Gasteiger partial charge in [0, 0.05) is 6.04 Å². The topological polar surface area (TPSA) is 75.6 Å². The monoisotopic (exact) mass is 317 g/mol. The Morgan fingerprint density at radius 3 is 2.74 bits per heavy atom. The molecule has 1 aromatic rings. The van der Waals surface area contributed by atoms with Gasteiger partial charge in [-0.1, -0.05) is 18.6 Å². The number of carbonyl (C=O) groups is 2. The molecule has 1 aromatic carbocycles. The third-order valence-electron chi connectivity index (χ3n) is 5.30. The second kappa shape index (κ2) is 6.60. The van der Waals surface area contributed by atoms with Gasteiger partial charge in [-0.15, -0.1) is 0 Å². The zero-order valence-electron chi connectivity index (χ0n) is 13.3. The van der Waals surface area contributed by atoms with Gasteiger partial charge in [0.1, 0.15) is 11.3 Å². The Bertz CT molecular complexity index is 600. The summed E-state index contributed by atoms with van der Waals surface area (Å²) in [4.78, 5) is 23.2. The molecular formula is C18H23NO4. The first-order valence-electron chi connectivity index (χ1n) is 8.29. The predicted octanol–water partition coefficient (Wildman–Crippen LogP) is 2.70. The lowest BCUT2D eigenvalue weighted by Gasteiger charge is -2.28. The van der Waals surface area contributed by atoms with Crippen molar-refractivity contribution in [3.8, 4) is 5.75 Å². The minimum absolute atomic E-state index is 0.0708. The number of carboxylic acids is 1. The van der Waals surface area contributed by atoms with Crippen molar-refractivity contribution >= 4 is 11.9 Å². The van der Waals surface area contributed by atoms with E-state index in [2.05, 4.69) is 12.2 Å². The highest BCUT2D eigenvalue weighted by Crippen LogP contribution is 2.49. The molecule has 2 fully saturated rings. The average molecular weight is 317 g/mol. The van der Waals surface area contributed by atoms with Crippen molar-refractivity contribution in [2.45, 2.75) is 38.6 Å². The van der Waals surface area contributed by atoms with E-state index in [0.29, 0.717) is 5.92 Å². The molecule has 1 amide bonds. The van der Waals surface area contributed by atoms with Gasteiger partial charge in [-0.3, -0.25) is 4.79 Å². The summed E-state index contributed by atoms with van der Waals surface area (Å²) >= 11 is 0. The molecule has 2 aliphatic rings. The molecule has 0 aliphatic heterocycles. The number of amides is 1. The van der Waals surface area contributed by atoms with E-state index in [1.807, 2.05) is 0 Å². The second-order valence-corrected chi connectivity index (χ2v) is 6.78. The molecule has 4 unspecified atom stereocenters. The van der Waals surface area contributed by atoms with E-state index in [4.69, 9.17) is 9.84 Å². The third-order valence-corrected chi connectivity index (χ3v) is 5.30. The standard InChI is InChI=1S/C18H23NO4/c1-11(15-9-12-6-7-13(15)8-12)19-17(20)10-23-16-5-3-2-4-14(16)18(21)22/h2-5,11-13,15H,6-10H2,1H3,(H,19,20)(H,21,22). The van der Waals surface area contributed by atoms with E-state index < -0.39 is 5.97 Å². The lowest BCUT2D eigenvalue weighted by molar-refractivity contribution is -0.124. The molecule has 0 saturated heterocycles. The number of benzene rings is 1. The summed E-state index contributed by atoms with van der Waals surface area (Å²) < 4.78 is 5.39. The van der Waals surface area contributed by atoms with E-state index >= 15 is 0 Å². The van der Waals surface area contributed by atoms with Crippen LogP contribution in [-0.2, 0) is 4.79 Å². The Hall–Kier alpha value is -2.04. The molecule has 4 atom stereocenters. The smallest absolute Gasteiger partial charge is 0.339 e. The number of para-hydroxylation sites is 1.